The summed E-state index contributed by atoms with van der Waals surface area (Å²) in [5, 5.41) is 21.3. The number of halogens is 1. The maximum Gasteiger partial charge on any atom is 0.281 e. The molecule has 192 valence electrons. The summed E-state index contributed by atoms with van der Waals surface area (Å²) >= 11 is 3.47. The zero-order chi connectivity index (χ0) is 27.4. The molecule has 40 heavy (non-hydrogen) atoms. The van der Waals surface area contributed by atoms with E-state index in [4.69, 9.17) is 4.98 Å². The molecule has 0 fully saturated rings. The summed E-state index contributed by atoms with van der Waals surface area (Å²) in [7, 11) is 0. The molecule has 0 atom stereocenters. The molecular formula is C29H16BrN7O3. The van der Waals surface area contributed by atoms with Crippen molar-refractivity contribution in [3.63, 3.8) is 0 Å². The number of rotatable bonds is 4. The number of hydrogen-bond donors (Lipinski definition) is 0. The van der Waals surface area contributed by atoms with Crippen LogP contribution < -0.4 is 5.56 Å². The maximum absolute atomic E-state index is 13.1. The van der Waals surface area contributed by atoms with Crippen molar-refractivity contribution in [3.05, 3.63) is 122 Å². The van der Waals surface area contributed by atoms with Gasteiger partial charge in [-0.3, -0.25) is 23.9 Å². The van der Waals surface area contributed by atoms with E-state index in [0.717, 1.165) is 20.9 Å². The second-order valence-corrected chi connectivity index (χ2v) is 9.93. The summed E-state index contributed by atoms with van der Waals surface area (Å²) in [6, 6.07) is 28.7. The summed E-state index contributed by atoms with van der Waals surface area (Å²) in [6.07, 6.45) is 0. The van der Waals surface area contributed by atoms with Crippen LogP contribution in [0.25, 0.3) is 56.2 Å². The SMILES string of the molecule is O=c1nc(-c2ccc(Br)cc2)n(-c2nc3nnc(-c4cccc([N+](=O)[O-])c4)n3c3ccccc23)c2ccccc12. The largest absolute Gasteiger partial charge is 0.281 e. The molecule has 0 radical (unpaired) electrons. The quantitative estimate of drug-likeness (QED) is 0.183. The molecule has 4 aromatic carbocycles. The van der Waals surface area contributed by atoms with E-state index in [9.17, 15) is 14.9 Å². The first-order valence-corrected chi connectivity index (χ1v) is 13.0. The lowest BCUT2D eigenvalue weighted by molar-refractivity contribution is -0.384. The Kier molecular flexibility index (Phi) is 5.46. The van der Waals surface area contributed by atoms with Crippen molar-refractivity contribution in [2.45, 2.75) is 0 Å². The van der Waals surface area contributed by atoms with Gasteiger partial charge in [0.15, 0.2) is 11.6 Å². The van der Waals surface area contributed by atoms with Crippen LogP contribution in [-0.4, -0.2) is 34.1 Å². The standard InChI is InChI=1S/C29H16BrN7O3/c30-19-14-12-17(13-15-19)25-31-28(38)22-9-2-4-11-24(22)35(25)27-21-8-1-3-10-23(21)36-26(33-34-29(36)32-27)18-6-5-7-20(16-18)37(39)40/h1-16H. The Morgan fingerprint density at radius 3 is 2.23 bits per heavy atom. The number of nitro groups is 1. The van der Waals surface area contributed by atoms with Crippen molar-refractivity contribution in [2.75, 3.05) is 0 Å². The van der Waals surface area contributed by atoms with Crippen LogP contribution in [0.2, 0.25) is 0 Å². The highest BCUT2D eigenvalue weighted by Crippen LogP contribution is 2.32. The van der Waals surface area contributed by atoms with Gasteiger partial charge in [0, 0.05) is 33.1 Å². The molecule has 0 aliphatic carbocycles. The van der Waals surface area contributed by atoms with Gasteiger partial charge in [-0.15, -0.1) is 10.2 Å². The average molecular weight is 590 g/mol. The van der Waals surface area contributed by atoms with E-state index in [2.05, 4.69) is 31.1 Å². The van der Waals surface area contributed by atoms with Gasteiger partial charge in [0.05, 0.1) is 21.3 Å². The molecule has 0 saturated heterocycles. The first-order chi connectivity index (χ1) is 19.5. The van der Waals surface area contributed by atoms with Gasteiger partial charge in [0.1, 0.15) is 5.82 Å². The third-order valence-electron chi connectivity index (χ3n) is 6.66. The topological polar surface area (TPSA) is 121 Å². The fraction of sp³-hybridized carbons (Fsp3) is 0. The fourth-order valence-electron chi connectivity index (χ4n) is 4.88. The molecule has 0 N–H and O–H groups in total. The monoisotopic (exact) mass is 589 g/mol. The fourth-order valence-corrected chi connectivity index (χ4v) is 5.14. The van der Waals surface area contributed by atoms with Crippen molar-refractivity contribution in [3.8, 4) is 28.6 Å². The number of hydrogen-bond acceptors (Lipinski definition) is 7. The number of para-hydroxylation sites is 2. The third kappa shape index (κ3) is 3.75. The van der Waals surface area contributed by atoms with Gasteiger partial charge in [-0.1, -0.05) is 64.5 Å². The Bertz CT molecular complexity index is 2190. The van der Waals surface area contributed by atoms with Gasteiger partial charge in [-0.25, -0.2) is 0 Å². The predicted octanol–water partition coefficient (Wildman–Crippen LogP) is 5.98. The number of nitrogens with zero attached hydrogens (tertiary/aromatic N) is 7. The number of non-ortho nitro benzene ring substituents is 1. The molecule has 0 saturated carbocycles. The molecule has 11 heteroatoms. The number of benzene rings is 4. The highest BCUT2D eigenvalue weighted by Gasteiger charge is 2.21. The van der Waals surface area contributed by atoms with E-state index in [1.807, 2.05) is 65.2 Å². The lowest BCUT2D eigenvalue weighted by atomic mass is 10.1. The second kappa shape index (κ2) is 9.17. The minimum atomic E-state index is -0.445. The molecule has 0 unspecified atom stereocenters. The van der Waals surface area contributed by atoms with Crippen LogP contribution in [-0.2, 0) is 0 Å². The number of fused-ring (bicyclic) bond motifs is 4. The molecule has 7 aromatic rings. The van der Waals surface area contributed by atoms with Crippen molar-refractivity contribution in [2.24, 2.45) is 0 Å². The third-order valence-corrected chi connectivity index (χ3v) is 7.19. The van der Waals surface area contributed by atoms with Crippen LogP contribution >= 0.6 is 15.9 Å². The summed E-state index contributed by atoms with van der Waals surface area (Å²) < 4.78 is 4.53. The van der Waals surface area contributed by atoms with E-state index in [1.165, 1.54) is 12.1 Å². The van der Waals surface area contributed by atoms with Crippen molar-refractivity contribution < 1.29 is 4.92 Å². The summed E-state index contributed by atoms with van der Waals surface area (Å²) in [4.78, 5) is 33.5. The molecule has 0 spiro atoms. The van der Waals surface area contributed by atoms with Gasteiger partial charge < -0.3 is 0 Å². The van der Waals surface area contributed by atoms with Gasteiger partial charge in [-0.2, -0.15) is 9.97 Å². The highest BCUT2D eigenvalue weighted by molar-refractivity contribution is 9.10. The van der Waals surface area contributed by atoms with Gasteiger partial charge in [0.2, 0.25) is 0 Å². The normalized spacial score (nSPS) is 11.4. The molecule has 0 bridgehead atoms. The molecule has 10 nitrogen and oxygen atoms in total. The Morgan fingerprint density at radius 2 is 1.45 bits per heavy atom. The van der Waals surface area contributed by atoms with Crippen molar-refractivity contribution in [1.82, 2.24) is 29.1 Å². The molecule has 3 heterocycles. The lowest BCUT2D eigenvalue weighted by Crippen LogP contribution is -2.17. The van der Waals surface area contributed by atoms with E-state index >= 15 is 0 Å². The van der Waals surface area contributed by atoms with Gasteiger partial charge in [0.25, 0.3) is 17.0 Å². The van der Waals surface area contributed by atoms with E-state index in [0.29, 0.717) is 39.7 Å². The van der Waals surface area contributed by atoms with Crippen molar-refractivity contribution in [1.29, 1.82) is 0 Å². The first-order valence-electron chi connectivity index (χ1n) is 12.2. The maximum atomic E-state index is 13.1. The van der Waals surface area contributed by atoms with Crippen LogP contribution in [0.1, 0.15) is 0 Å². The smallest absolute Gasteiger partial charge is 0.277 e. The zero-order valence-electron chi connectivity index (χ0n) is 20.5. The second-order valence-electron chi connectivity index (χ2n) is 9.02. The zero-order valence-corrected chi connectivity index (χ0v) is 22.1. The predicted molar refractivity (Wildman–Crippen MR) is 154 cm³/mol. The number of aromatic nitrogens is 6. The Balaban J connectivity index is 1.59. The Labute approximate surface area is 233 Å². The minimum Gasteiger partial charge on any atom is -0.277 e. The minimum absolute atomic E-state index is 0.0481. The van der Waals surface area contributed by atoms with E-state index < -0.39 is 4.92 Å². The molecule has 7 rings (SSSR count). The molecule has 0 amide bonds. The molecule has 0 aliphatic heterocycles. The van der Waals surface area contributed by atoms with Gasteiger partial charge >= 0.3 is 0 Å². The van der Waals surface area contributed by atoms with E-state index in [-0.39, 0.29) is 11.2 Å². The van der Waals surface area contributed by atoms with Crippen LogP contribution in [0.4, 0.5) is 5.69 Å². The first kappa shape index (κ1) is 23.8. The van der Waals surface area contributed by atoms with Crippen molar-refractivity contribution >= 4 is 49.2 Å². The molecule has 0 aliphatic rings. The summed E-state index contributed by atoms with van der Waals surface area (Å²) in [5.41, 5.74) is 2.25. The highest BCUT2D eigenvalue weighted by atomic mass is 79.9. The van der Waals surface area contributed by atoms with Crippen LogP contribution in [0.5, 0.6) is 0 Å². The van der Waals surface area contributed by atoms with E-state index in [1.54, 1.807) is 28.7 Å². The Hall–Kier alpha value is -5.29. The molecule has 3 aromatic heterocycles. The van der Waals surface area contributed by atoms with Crippen LogP contribution in [0.3, 0.4) is 0 Å². The van der Waals surface area contributed by atoms with Crippen LogP contribution in [0, 0.1) is 10.1 Å². The average Bonchev–Trinajstić information content (AvgIpc) is 3.42. The molecular weight excluding hydrogens is 574 g/mol. The summed E-state index contributed by atoms with van der Waals surface area (Å²) in [5.74, 6) is 1.66. The van der Waals surface area contributed by atoms with Gasteiger partial charge in [-0.05, 0) is 36.4 Å². The number of nitro benzene ring substituents is 1. The van der Waals surface area contributed by atoms with Crippen LogP contribution in [0.15, 0.2) is 106 Å². The summed E-state index contributed by atoms with van der Waals surface area (Å²) in [6.45, 7) is 0. The Morgan fingerprint density at radius 1 is 0.725 bits per heavy atom. The lowest BCUT2D eigenvalue weighted by Gasteiger charge is -2.18.